The summed E-state index contributed by atoms with van der Waals surface area (Å²) < 4.78 is 33.7. The summed E-state index contributed by atoms with van der Waals surface area (Å²) in [4.78, 5) is 1.87. The van der Waals surface area contributed by atoms with Crippen LogP contribution in [0.2, 0.25) is 0 Å². The van der Waals surface area contributed by atoms with Crippen LogP contribution in [-0.4, -0.2) is 44.1 Å². The molecule has 1 heterocycles. The van der Waals surface area contributed by atoms with Crippen LogP contribution in [0.15, 0.2) is 36.4 Å². The number of piperazine rings is 1. The summed E-state index contributed by atoms with van der Waals surface area (Å²) in [6, 6.07) is 10.5. The zero-order valence-electron chi connectivity index (χ0n) is 14.1. The van der Waals surface area contributed by atoms with Crippen LogP contribution in [-0.2, 0) is 0 Å². The minimum atomic E-state index is -2.46. The van der Waals surface area contributed by atoms with Gasteiger partial charge in [0.05, 0.1) is 6.61 Å². The van der Waals surface area contributed by atoms with E-state index in [0.717, 1.165) is 23.9 Å². The van der Waals surface area contributed by atoms with E-state index in [1.807, 2.05) is 48.2 Å². The maximum Gasteiger partial charge on any atom is 0.258 e. The highest BCUT2D eigenvalue weighted by Crippen LogP contribution is 2.39. The summed E-state index contributed by atoms with van der Waals surface area (Å²) in [7, 11) is 0. The van der Waals surface area contributed by atoms with Gasteiger partial charge in [-0.2, -0.15) is 0 Å². The van der Waals surface area contributed by atoms with Crippen LogP contribution in [0.3, 0.4) is 0 Å². The van der Waals surface area contributed by atoms with Crippen molar-refractivity contribution >= 4 is 35.6 Å². The van der Waals surface area contributed by atoms with Gasteiger partial charge in [-0.3, -0.25) is 4.90 Å². The number of nitrogens with one attached hydrogen (secondary N) is 1. The molecule has 1 aliphatic heterocycles. The number of halogens is 4. The van der Waals surface area contributed by atoms with Crippen LogP contribution in [0, 0.1) is 0 Å². The fourth-order valence-electron chi connectivity index (χ4n) is 3.29. The van der Waals surface area contributed by atoms with E-state index in [-0.39, 0.29) is 24.8 Å². The normalized spacial score (nSPS) is 16.2. The molecule has 0 spiro atoms. The van der Waals surface area contributed by atoms with Crippen molar-refractivity contribution in [3.8, 4) is 5.75 Å². The molecule has 1 aliphatic rings. The molecule has 0 amide bonds. The summed E-state index contributed by atoms with van der Waals surface area (Å²) in [5.41, 5.74) is 0.613. The van der Waals surface area contributed by atoms with E-state index in [2.05, 4.69) is 5.32 Å². The SMILES string of the molecule is CCOc1ccc2ccccc2c1[C@H](C(F)F)N1CCNCC1.Cl.Cl. The predicted octanol–water partition coefficient (Wildman–Crippen LogP) is 4.29. The van der Waals surface area contributed by atoms with E-state index in [4.69, 9.17) is 4.74 Å². The van der Waals surface area contributed by atoms with Crippen molar-refractivity contribution in [1.29, 1.82) is 0 Å². The maximum atomic E-state index is 14.0. The van der Waals surface area contributed by atoms with Crippen LogP contribution < -0.4 is 10.1 Å². The van der Waals surface area contributed by atoms with E-state index < -0.39 is 12.5 Å². The van der Waals surface area contributed by atoms with Crippen molar-refractivity contribution in [3.05, 3.63) is 42.0 Å². The smallest absolute Gasteiger partial charge is 0.258 e. The first-order valence-electron chi connectivity index (χ1n) is 8.09. The zero-order chi connectivity index (χ0) is 16.2. The van der Waals surface area contributed by atoms with E-state index in [1.165, 1.54) is 0 Å². The van der Waals surface area contributed by atoms with E-state index in [1.54, 1.807) is 0 Å². The lowest BCUT2D eigenvalue weighted by molar-refractivity contribution is 0.0175. The van der Waals surface area contributed by atoms with Gasteiger partial charge in [-0.15, -0.1) is 24.8 Å². The fraction of sp³-hybridized carbons (Fsp3) is 0.444. The van der Waals surface area contributed by atoms with Gasteiger partial charge in [-0.1, -0.05) is 30.3 Å². The Bertz CT molecular complexity index is 667. The molecule has 140 valence electrons. The minimum absolute atomic E-state index is 0. The molecular formula is C18H24Cl2F2N2O. The molecule has 1 saturated heterocycles. The van der Waals surface area contributed by atoms with Gasteiger partial charge in [0.15, 0.2) is 0 Å². The first-order valence-corrected chi connectivity index (χ1v) is 8.09. The number of benzene rings is 2. The quantitative estimate of drug-likeness (QED) is 0.820. The second kappa shape index (κ2) is 10.1. The number of rotatable bonds is 5. The van der Waals surface area contributed by atoms with Gasteiger partial charge >= 0.3 is 0 Å². The number of hydrogen-bond acceptors (Lipinski definition) is 3. The lowest BCUT2D eigenvalue weighted by Crippen LogP contribution is -2.47. The van der Waals surface area contributed by atoms with Crippen molar-refractivity contribution in [2.24, 2.45) is 0 Å². The van der Waals surface area contributed by atoms with Crippen LogP contribution in [0.25, 0.3) is 10.8 Å². The second-order valence-corrected chi connectivity index (χ2v) is 5.70. The Hall–Kier alpha value is -1.14. The van der Waals surface area contributed by atoms with E-state index in [9.17, 15) is 8.78 Å². The average molecular weight is 393 g/mol. The summed E-state index contributed by atoms with van der Waals surface area (Å²) in [6.45, 7) is 5.04. The molecule has 0 unspecified atom stereocenters. The van der Waals surface area contributed by atoms with E-state index in [0.29, 0.717) is 31.0 Å². The van der Waals surface area contributed by atoms with Crippen LogP contribution in [0.5, 0.6) is 5.75 Å². The molecule has 1 atom stereocenters. The predicted molar refractivity (Wildman–Crippen MR) is 103 cm³/mol. The van der Waals surface area contributed by atoms with Crippen molar-refractivity contribution < 1.29 is 13.5 Å². The second-order valence-electron chi connectivity index (χ2n) is 5.70. The lowest BCUT2D eigenvalue weighted by Gasteiger charge is -2.35. The number of nitrogens with zero attached hydrogens (tertiary/aromatic N) is 1. The molecule has 1 fully saturated rings. The van der Waals surface area contributed by atoms with E-state index >= 15 is 0 Å². The Labute approximate surface area is 159 Å². The number of ether oxygens (including phenoxy) is 1. The molecule has 0 aromatic heterocycles. The van der Waals surface area contributed by atoms with Crippen molar-refractivity contribution in [3.63, 3.8) is 0 Å². The molecule has 1 N–H and O–H groups in total. The summed E-state index contributed by atoms with van der Waals surface area (Å²) >= 11 is 0. The van der Waals surface area contributed by atoms with Gasteiger partial charge in [0.2, 0.25) is 0 Å². The summed E-state index contributed by atoms with van der Waals surface area (Å²) in [6.07, 6.45) is -2.46. The molecule has 25 heavy (non-hydrogen) atoms. The summed E-state index contributed by atoms with van der Waals surface area (Å²) in [5.74, 6) is 0.565. The number of alkyl halides is 2. The topological polar surface area (TPSA) is 24.5 Å². The standard InChI is InChI=1S/C18H22F2N2O.2ClH/c1-2-23-15-8-7-13-5-3-4-6-14(13)16(15)17(18(19)20)22-11-9-21-10-12-22;;/h3-8,17-18,21H,2,9-12H2,1H3;2*1H/t17-;;/m1../s1. The molecule has 0 aliphatic carbocycles. The Morgan fingerprint density at radius 3 is 2.40 bits per heavy atom. The van der Waals surface area contributed by atoms with Gasteiger partial charge in [0.1, 0.15) is 11.8 Å². The van der Waals surface area contributed by atoms with Crippen molar-refractivity contribution in [2.45, 2.75) is 19.4 Å². The molecule has 3 nitrogen and oxygen atoms in total. The third kappa shape index (κ3) is 4.73. The zero-order valence-corrected chi connectivity index (χ0v) is 15.7. The largest absolute Gasteiger partial charge is 0.494 e. The highest BCUT2D eigenvalue weighted by Gasteiger charge is 2.33. The average Bonchev–Trinajstić information content (AvgIpc) is 2.57. The molecule has 7 heteroatoms. The highest BCUT2D eigenvalue weighted by atomic mass is 35.5. The fourth-order valence-corrected chi connectivity index (χ4v) is 3.29. The van der Waals surface area contributed by atoms with Gasteiger partial charge < -0.3 is 10.1 Å². The van der Waals surface area contributed by atoms with Crippen LogP contribution >= 0.6 is 24.8 Å². The first-order chi connectivity index (χ1) is 11.2. The molecule has 0 radical (unpaired) electrons. The minimum Gasteiger partial charge on any atom is -0.494 e. The van der Waals surface area contributed by atoms with Gasteiger partial charge in [0.25, 0.3) is 6.43 Å². The molecule has 2 aromatic carbocycles. The number of fused-ring (bicyclic) bond motifs is 1. The Kier molecular flexibility index (Phi) is 8.86. The third-order valence-electron chi connectivity index (χ3n) is 4.31. The van der Waals surface area contributed by atoms with Gasteiger partial charge in [0, 0.05) is 31.7 Å². The Morgan fingerprint density at radius 1 is 1.08 bits per heavy atom. The van der Waals surface area contributed by atoms with Crippen molar-refractivity contribution in [1.82, 2.24) is 10.2 Å². The van der Waals surface area contributed by atoms with Gasteiger partial charge in [-0.05, 0) is 23.8 Å². The maximum absolute atomic E-state index is 14.0. The van der Waals surface area contributed by atoms with Crippen LogP contribution in [0.4, 0.5) is 8.78 Å². The Morgan fingerprint density at radius 2 is 1.76 bits per heavy atom. The lowest BCUT2D eigenvalue weighted by atomic mass is 9.96. The van der Waals surface area contributed by atoms with Crippen molar-refractivity contribution in [2.75, 3.05) is 32.8 Å². The summed E-state index contributed by atoms with van der Waals surface area (Å²) in [5, 5.41) is 5.03. The monoisotopic (exact) mass is 392 g/mol. The number of hydrogen-bond donors (Lipinski definition) is 1. The molecular weight excluding hydrogens is 369 g/mol. The third-order valence-corrected chi connectivity index (χ3v) is 4.31. The first kappa shape index (κ1) is 21.9. The molecule has 3 rings (SSSR count). The molecule has 0 saturated carbocycles. The highest BCUT2D eigenvalue weighted by molar-refractivity contribution is 5.88. The van der Waals surface area contributed by atoms with Gasteiger partial charge in [-0.25, -0.2) is 8.78 Å². The van der Waals surface area contributed by atoms with Crippen LogP contribution in [0.1, 0.15) is 18.5 Å². The molecule has 2 aromatic rings. The molecule has 0 bridgehead atoms. The Balaban J connectivity index is 0.00000156.